The molecule has 1 aliphatic rings. The van der Waals surface area contributed by atoms with Gasteiger partial charge < -0.3 is 14.8 Å². The van der Waals surface area contributed by atoms with Crippen LogP contribution in [0.2, 0.25) is 0 Å². The molecule has 122 valence electrons. The molecule has 22 heavy (non-hydrogen) atoms. The summed E-state index contributed by atoms with van der Waals surface area (Å²) in [6, 6.07) is 3.60. The van der Waals surface area contributed by atoms with Crippen LogP contribution in [0.25, 0.3) is 0 Å². The topological polar surface area (TPSA) is 60.5 Å². The van der Waals surface area contributed by atoms with E-state index in [2.05, 4.69) is 17.2 Å². The Morgan fingerprint density at radius 3 is 3.00 bits per heavy atom. The van der Waals surface area contributed by atoms with E-state index < -0.39 is 0 Å². The number of carbonyl (C=O) groups excluding carboxylic acids is 1. The fourth-order valence-corrected chi connectivity index (χ4v) is 2.89. The predicted molar refractivity (Wildman–Crippen MR) is 84.9 cm³/mol. The second-order valence-electron chi connectivity index (χ2n) is 5.85. The van der Waals surface area contributed by atoms with Crippen LogP contribution < -0.4 is 10.1 Å². The molecule has 1 saturated carbocycles. The minimum atomic E-state index is -0.0581. The molecule has 2 rings (SSSR count). The molecule has 0 bridgehead atoms. The Morgan fingerprint density at radius 2 is 2.23 bits per heavy atom. The first kappa shape index (κ1) is 16.7. The van der Waals surface area contributed by atoms with Crippen LogP contribution in [0, 0.1) is 5.92 Å². The molecule has 1 aliphatic carbocycles. The molecule has 1 amide bonds. The van der Waals surface area contributed by atoms with Gasteiger partial charge >= 0.3 is 0 Å². The standard InChI is InChI=1S/C17H26N2O3/c1-13-6-3-4-7-15(13)22-11-10-19-17(20)12-14-16(21-2)8-5-9-18-14/h5,8-9,13,15H,3-4,6-7,10-12H2,1-2H3,(H,19,20)/t13-,15-/m1/s1. The highest BCUT2D eigenvalue weighted by Crippen LogP contribution is 2.25. The highest BCUT2D eigenvalue weighted by molar-refractivity contribution is 5.78. The van der Waals surface area contributed by atoms with Gasteiger partial charge in [0.25, 0.3) is 0 Å². The van der Waals surface area contributed by atoms with Crippen LogP contribution in [0.1, 0.15) is 38.3 Å². The lowest BCUT2D eigenvalue weighted by atomic mass is 9.88. The first-order valence-corrected chi connectivity index (χ1v) is 8.07. The van der Waals surface area contributed by atoms with Gasteiger partial charge in [0.2, 0.25) is 5.91 Å². The molecule has 1 fully saturated rings. The van der Waals surface area contributed by atoms with Gasteiger partial charge in [0.1, 0.15) is 5.75 Å². The van der Waals surface area contributed by atoms with E-state index in [9.17, 15) is 4.79 Å². The van der Waals surface area contributed by atoms with Gasteiger partial charge in [-0.1, -0.05) is 19.8 Å². The quantitative estimate of drug-likeness (QED) is 0.786. The van der Waals surface area contributed by atoms with E-state index in [1.54, 1.807) is 19.4 Å². The summed E-state index contributed by atoms with van der Waals surface area (Å²) >= 11 is 0. The number of carbonyl (C=O) groups is 1. The summed E-state index contributed by atoms with van der Waals surface area (Å²) in [5.74, 6) is 1.21. The largest absolute Gasteiger partial charge is 0.495 e. The van der Waals surface area contributed by atoms with Crippen LogP contribution in [-0.2, 0) is 16.0 Å². The Labute approximate surface area is 132 Å². The summed E-state index contributed by atoms with van der Waals surface area (Å²) in [7, 11) is 1.58. The Balaban J connectivity index is 1.67. The number of ether oxygens (including phenoxy) is 2. The molecule has 1 heterocycles. The number of amides is 1. The maximum Gasteiger partial charge on any atom is 0.226 e. The molecular weight excluding hydrogens is 280 g/mol. The van der Waals surface area contributed by atoms with Gasteiger partial charge in [-0.3, -0.25) is 9.78 Å². The van der Waals surface area contributed by atoms with E-state index in [1.165, 1.54) is 19.3 Å². The lowest BCUT2D eigenvalue weighted by Crippen LogP contribution is -2.32. The number of pyridine rings is 1. The number of hydrogen-bond acceptors (Lipinski definition) is 4. The molecule has 5 heteroatoms. The third-order valence-electron chi connectivity index (χ3n) is 4.19. The summed E-state index contributed by atoms with van der Waals surface area (Å²) in [6.07, 6.45) is 7.19. The molecule has 1 aromatic heterocycles. The molecule has 2 atom stereocenters. The minimum Gasteiger partial charge on any atom is -0.495 e. The van der Waals surface area contributed by atoms with Crippen LogP contribution in [0.4, 0.5) is 0 Å². The summed E-state index contributed by atoms with van der Waals surface area (Å²) in [5, 5.41) is 2.88. The van der Waals surface area contributed by atoms with Crippen molar-refractivity contribution in [2.24, 2.45) is 5.92 Å². The van der Waals surface area contributed by atoms with Crippen molar-refractivity contribution < 1.29 is 14.3 Å². The van der Waals surface area contributed by atoms with Crippen molar-refractivity contribution in [2.75, 3.05) is 20.3 Å². The molecule has 0 aliphatic heterocycles. The number of hydrogen-bond donors (Lipinski definition) is 1. The number of rotatable bonds is 7. The summed E-state index contributed by atoms with van der Waals surface area (Å²) < 4.78 is 11.1. The SMILES string of the molecule is COc1cccnc1CC(=O)NCCO[C@@H]1CCCC[C@H]1C. The van der Waals surface area contributed by atoms with Crippen molar-refractivity contribution in [2.45, 2.75) is 45.1 Å². The zero-order chi connectivity index (χ0) is 15.8. The smallest absolute Gasteiger partial charge is 0.226 e. The molecule has 1 N–H and O–H groups in total. The average molecular weight is 306 g/mol. The monoisotopic (exact) mass is 306 g/mol. The maximum absolute atomic E-state index is 11.9. The molecule has 0 radical (unpaired) electrons. The summed E-state index contributed by atoms with van der Waals surface area (Å²) in [4.78, 5) is 16.1. The van der Waals surface area contributed by atoms with E-state index in [0.29, 0.717) is 36.6 Å². The van der Waals surface area contributed by atoms with Crippen LogP contribution in [0.5, 0.6) is 5.75 Å². The van der Waals surface area contributed by atoms with Crippen molar-refractivity contribution in [1.82, 2.24) is 10.3 Å². The minimum absolute atomic E-state index is 0.0581. The number of methoxy groups -OCH3 is 1. The van der Waals surface area contributed by atoms with E-state index >= 15 is 0 Å². The third-order valence-corrected chi connectivity index (χ3v) is 4.19. The normalized spacial score (nSPS) is 21.4. The van der Waals surface area contributed by atoms with Crippen molar-refractivity contribution in [3.63, 3.8) is 0 Å². The fraction of sp³-hybridized carbons (Fsp3) is 0.647. The summed E-state index contributed by atoms with van der Waals surface area (Å²) in [6.45, 7) is 3.35. The Morgan fingerprint density at radius 1 is 1.41 bits per heavy atom. The van der Waals surface area contributed by atoms with Gasteiger partial charge in [-0.15, -0.1) is 0 Å². The molecule has 0 aromatic carbocycles. The van der Waals surface area contributed by atoms with Gasteiger partial charge in [-0.05, 0) is 30.9 Å². The lowest BCUT2D eigenvalue weighted by molar-refractivity contribution is -0.121. The number of nitrogens with one attached hydrogen (secondary N) is 1. The maximum atomic E-state index is 11.9. The lowest BCUT2D eigenvalue weighted by Gasteiger charge is -2.28. The first-order valence-electron chi connectivity index (χ1n) is 8.07. The van der Waals surface area contributed by atoms with Gasteiger partial charge in [0, 0.05) is 12.7 Å². The number of nitrogens with zero attached hydrogens (tertiary/aromatic N) is 1. The molecule has 0 saturated heterocycles. The van der Waals surface area contributed by atoms with E-state index in [-0.39, 0.29) is 12.3 Å². The van der Waals surface area contributed by atoms with E-state index in [0.717, 1.165) is 6.42 Å². The Bertz CT molecular complexity index is 479. The fourth-order valence-electron chi connectivity index (χ4n) is 2.89. The van der Waals surface area contributed by atoms with E-state index in [4.69, 9.17) is 9.47 Å². The van der Waals surface area contributed by atoms with Crippen molar-refractivity contribution >= 4 is 5.91 Å². The van der Waals surface area contributed by atoms with Crippen LogP contribution in [0.15, 0.2) is 18.3 Å². The second kappa shape index (κ2) is 8.73. The van der Waals surface area contributed by atoms with Crippen LogP contribution in [0.3, 0.4) is 0 Å². The van der Waals surface area contributed by atoms with E-state index in [1.807, 2.05) is 6.07 Å². The molecule has 0 unspecified atom stereocenters. The van der Waals surface area contributed by atoms with Gasteiger partial charge in [0.05, 0.1) is 31.9 Å². The van der Waals surface area contributed by atoms with Crippen molar-refractivity contribution in [1.29, 1.82) is 0 Å². The highest BCUT2D eigenvalue weighted by atomic mass is 16.5. The molecule has 5 nitrogen and oxygen atoms in total. The molecule has 1 aromatic rings. The van der Waals surface area contributed by atoms with Crippen LogP contribution in [-0.4, -0.2) is 37.3 Å². The van der Waals surface area contributed by atoms with Crippen LogP contribution >= 0.6 is 0 Å². The Hall–Kier alpha value is -1.62. The van der Waals surface area contributed by atoms with Crippen molar-refractivity contribution in [3.8, 4) is 5.75 Å². The second-order valence-corrected chi connectivity index (χ2v) is 5.85. The molecular formula is C17H26N2O3. The van der Waals surface area contributed by atoms with Crippen molar-refractivity contribution in [3.05, 3.63) is 24.0 Å². The van der Waals surface area contributed by atoms with Gasteiger partial charge in [-0.2, -0.15) is 0 Å². The predicted octanol–water partition coefficient (Wildman–Crippen LogP) is 2.34. The Kier molecular flexibility index (Phi) is 6.65. The van der Waals surface area contributed by atoms with Gasteiger partial charge in [0.15, 0.2) is 0 Å². The highest BCUT2D eigenvalue weighted by Gasteiger charge is 2.21. The zero-order valence-corrected chi connectivity index (χ0v) is 13.5. The third kappa shape index (κ3) is 4.98. The number of aromatic nitrogens is 1. The summed E-state index contributed by atoms with van der Waals surface area (Å²) in [5.41, 5.74) is 0.657. The first-order chi connectivity index (χ1) is 10.7. The van der Waals surface area contributed by atoms with Gasteiger partial charge in [-0.25, -0.2) is 0 Å². The molecule has 0 spiro atoms. The average Bonchev–Trinajstić information content (AvgIpc) is 2.53. The zero-order valence-electron chi connectivity index (χ0n) is 13.5.